The summed E-state index contributed by atoms with van der Waals surface area (Å²) in [7, 11) is 0. The van der Waals surface area contributed by atoms with Crippen LogP contribution in [0.25, 0.3) is 127 Å². The summed E-state index contributed by atoms with van der Waals surface area (Å²) in [6.45, 7) is 32.3. The highest BCUT2D eigenvalue weighted by molar-refractivity contribution is 7.34. The fourth-order valence-corrected chi connectivity index (χ4v) is 26.7. The first-order valence-electron chi connectivity index (χ1n) is 48.6. The van der Waals surface area contributed by atoms with Crippen molar-refractivity contribution in [2.45, 2.75) is 337 Å². The Balaban J connectivity index is 1.01. The largest absolute Gasteiger partial charge is 0.337 e. The molecule has 7 heterocycles. The van der Waals surface area contributed by atoms with Gasteiger partial charge in [0, 0.05) is 67.0 Å². The van der Waals surface area contributed by atoms with Crippen molar-refractivity contribution in [1.29, 1.82) is 10.5 Å². The average molecular weight is 1760 g/mol. The van der Waals surface area contributed by atoms with Crippen molar-refractivity contribution in [2.24, 2.45) is 11.8 Å². The second-order valence-corrected chi connectivity index (χ2v) is 40.7. The topological polar surface area (TPSA) is 126 Å². The smallest absolute Gasteiger partial charge is 0.270 e. The molecule has 0 saturated carbocycles. The van der Waals surface area contributed by atoms with Gasteiger partial charge >= 0.3 is 0 Å². The minimum atomic E-state index is -0.162. The predicted octanol–water partition coefficient (Wildman–Crippen LogP) is 35.6. The first kappa shape index (κ1) is 92.3. The molecule has 5 aromatic carbocycles. The Hall–Kier alpha value is -8.90. The Kier molecular flexibility index (Phi) is 34.1. The molecule has 14 rings (SSSR count). The zero-order chi connectivity index (χ0) is 87.0. The Bertz CT molecular complexity index is 5780. The number of rotatable bonds is 52. The van der Waals surface area contributed by atoms with Crippen LogP contribution < -0.4 is 0 Å². The third kappa shape index (κ3) is 20.9. The van der Waals surface area contributed by atoms with E-state index in [2.05, 4.69) is 84.7 Å². The van der Waals surface area contributed by atoms with Crippen molar-refractivity contribution in [3.63, 3.8) is 0 Å². The molecular formula is C110H130N8O2S5. The lowest BCUT2D eigenvalue weighted by atomic mass is 9.93. The highest BCUT2D eigenvalue weighted by Gasteiger charge is 2.37. The lowest BCUT2D eigenvalue weighted by Crippen LogP contribution is -2.14. The van der Waals surface area contributed by atoms with Crippen LogP contribution in [0.3, 0.4) is 0 Å². The monoisotopic (exact) mass is 1750 g/mol. The molecule has 2 aliphatic rings. The van der Waals surface area contributed by atoms with Crippen LogP contribution in [0.1, 0.15) is 364 Å². The minimum Gasteiger partial charge on any atom is -0.337 e. The lowest BCUT2D eigenvalue weighted by molar-refractivity contribution is 0.103. The van der Waals surface area contributed by atoms with Gasteiger partial charge in [-0.15, -0.1) is 45.3 Å². The second-order valence-electron chi connectivity index (χ2n) is 36.0. The van der Waals surface area contributed by atoms with Gasteiger partial charge in [-0.3, -0.25) is 9.59 Å². The molecule has 7 aromatic heterocycles. The first-order chi connectivity index (χ1) is 61.6. The summed E-state index contributed by atoms with van der Waals surface area (Å²) in [5.41, 5.74) is 13.9. The number of aryl methyl sites for hydroxylation is 2. The van der Waals surface area contributed by atoms with Gasteiger partial charge in [0.05, 0.1) is 87.3 Å². The number of ketones is 2. The van der Waals surface area contributed by atoms with Crippen LogP contribution in [0.15, 0.2) is 120 Å². The molecule has 15 heteroatoms. The Morgan fingerprint density at radius 3 is 1.02 bits per heavy atom. The van der Waals surface area contributed by atoms with E-state index in [1.165, 1.54) is 338 Å². The summed E-state index contributed by atoms with van der Waals surface area (Å²) < 4.78 is 25.0. The number of carbonyl (C=O) groups excluding carboxylic acids is 2. The normalized spacial score (nSPS) is 15.1. The number of aromatic nitrogens is 4. The number of fused-ring (bicyclic) bond motifs is 18. The van der Waals surface area contributed by atoms with E-state index in [-0.39, 0.29) is 23.0 Å². The number of nitriles is 2. The molecule has 2 atom stereocenters. The predicted molar refractivity (Wildman–Crippen MR) is 541 cm³/mol. The minimum absolute atomic E-state index is 0.0711. The second kappa shape index (κ2) is 46.2. The Labute approximate surface area is 764 Å². The van der Waals surface area contributed by atoms with Gasteiger partial charge in [-0.05, 0) is 143 Å². The number of allylic oxidation sites excluding steroid dienone is 10. The van der Waals surface area contributed by atoms with Crippen LogP contribution in [0.4, 0.5) is 0 Å². The van der Waals surface area contributed by atoms with Crippen molar-refractivity contribution in [1.82, 2.24) is 17.9 Å². The van der Waals surface area contributed by atoms with Crippen LogP contribution in [0.2, 0.25) is 0 Å². The van der Waals surface area contributed by atoms with Crippen LogP contribution in [-0.2, 0) is 25.9 Å². The maximum absolute atomic E-state index is 14.9. The fourth-order valence-electron chi connectivity index (χ4n) is 20.2. The molecule has 0 aliphatic heterocycles. The van der Waals surface area contributed by atoms with Gasteiger partial charge in [0.15, 0.2) is 11.6 Å². The van der Waals surface area contributed by atoms with Crippen LogP contribution in [0, 0.1) is 47.6 Å². The quantitative estimate of drug-likeness (QED) is 0.0162. The van der Waals surface area contributed by atoms with Crippen molar-refractivity contribution < 1.29 is 9.59 Å². The number of thiophene rings is 4. The molecule has 0 N–H and O–H groups in total. The van der Waals surface area contributed by atoms with Gasteiger partial charge in [0.2, 0.25) is 0 Å². The summed E-state index contributed by atoms with van der Waals surface area (Å²) in [4.78, 5) is 39.7. The van der Waals surface area contributed by atoms with Crippen LogP contribution in [-0.4, -0.2) is 29.4 Å². The average Bonchev–Trinajstić information content (AvgIpc) is 1.50. The molecule has 10 nitrogen and oxygen atoms in total. The van der Waals surface area contributed by atoms with E-state index in [0.717, 1.165) is 84.2 Å². The number of unbranched alkanes of at least 4 members (excludes halogenated alkanes) is 32. The Morgan fingerprint density at radius 1 is 0.392 bits per heavy atom. The van der Waals surface area contributed by atoms with E-state index in [9.17, 15) is 20.1 Å². The molecule has 125 heavy (non-hydrogen) atoms. The van der Waals surface area contributed by atoms with E-state index in [1.807, 2.05) is 142 Å². The number of carbonyl (C=O) groups is 2. The zero-order valence-corrected chi connectivity index (χ0v) is 79.6. The van der Waals surface area contributed by atoms with Gasteiger partial charge in [-0.1, -0.05) is 346 Å². The first-order valence-corrected chi connectivity index (χ1v) is 52.6. The van der Waals surface area contributed by atoms with Gasteiger partial charge in [0.25, 0.3) is 11.4 Å². The molecule has 652 valence electrons. The Morgan fingerprint density at radius 2 is 0.696 bits per heavy atom. The molecule has 0 spiro atoms. The van der Waals surface area contributed by atoms with Crippen molar-refractivity contribution >= 4 is 186 Å². The SMILES string of the molecule is [C-]#[N+]\C(C#N)=C1/C(=C/C=C/c2sc3c(sc4c5c6nsnc6c6c7sc8c(CCCCCCCCCCC)c(/C=C/C=C9\C(=O)c%10cc%11ccccc%11cc%10\C9=C(\C#N)[N+]#[C-])sc8c7n(CC(CCCCCC)CCCCCCCC)c6c5n(CC(CCCCCC)CCCCCCCC)c34)c2CCCCCCCCCCC)C(=O)c2cc3ccccc3cc21. The lowest BCUT2D eigenvalue weighted by Gasteiger charge is -2.22. The number of hydrogen-bond acceptors (Lipinski definition) is 11. The van der Waals surface area contributed by atoms with Crippen LogP contribution >= 0.6 is 57.1 Å². The standard InChI is InChI=1S/C110H130N8O2S5/c1-9-15-21-27-31-33-35-39-45-61-81-91(65-51-63-83-93(89(71-111)113-7)85-67-77-57-47-49-59-79(77)69-87(85)103(83)119)121-109-101-107(123-105(81)109)95-97-98(116-125-115-97)96-100(99(95)117(101)73-75(53-41-25-19-13-5)55-43-37-29-23-17-11-3)118(74-76(54-42-26-20-14-6)56-44-38-30-24-18-12-4)102-108(96)124-106-82(62-46-40-36-34-32-28-22-16-10-2)92(122-110(102)106)66-52-64-84-94(90(72-112)114-8)86-68-78-58-48-50-60-80(78)70-88(86)104(84)120/h47-52,57-60,63-70,75-76H,9-46,53-56,61-62,73-74H2,1-6H3/b65-51+,66-52+,83-63-,84-64-,93-89-,94-90+. The summed E-state index contributed by atoms with van der Waals surface area (Å²) >= 11 is 9.19. The molecule has 0 amide bonds. The number of benzene rings is 5. The molecule has 2 unspecified atom stereocenters. The van der Waals surface area contributed by atoms with Crippen LogP contribution in [0.5, 0.6) is 0 Å². The molecule has 2 aliphatic carbocycles. The van der Waals surface area contributed by atoms with Gasteiger partial charge in [0.1, 0.15) is 11.0 Å². The maximum Gasteiger partial charge on any atom is 0.270 e. The highest BCUT2D eigenvalue weighted by Crippen LogP contribution is 2.56. The van der Waals surface area contributed by atoms with Gasteiger partial charge in [-0.25, -0.2) is 20.2 Å². The summed E-state index contributed by atoms with van der Waals surface area (Å²) in [6, 6.07) is 28.3. The van der Waals surface area contributed by atoms with Gasteiger partial charge < -0.3 is 9.13 Å². The third-order valence-electron chi connectivity index (χ3n) is 27.0. The van der Waals surface area contributed by atoms with E-state index >= 15 is 0 Å². The molecule has 0 radical (unpaired) electrons. The number of nitrogens with zero attached hydrogens (tertiary/aromatic N) is 8. The van der Waals surface area contributed by atoms with Crippen molar-refractivity contribution in [3.05, 3.63) is 186 Å². The highest BCUT2D eigenvalue weighted by atomic mass is 32.1. The number of Topliss-reactive ketones (excluding diaryl/α,β-unsaturated/α-hetero) is 2. The van der Waals surface area contributed by atoms with Gasteiger partial charge in [-0.2, -0.15) is 8.75 Å². The van der Waals surface area contributed by atoms with E-state index in [1.54, 1.807) is 0 Å². The third-order valence-corrected chi connectivity index (χ3v) is 32.7. The fraction of sp³-hybridized carbons (Fsp3) is 0.491. The van der Waals surface area contributed by atoms with E-state index in [0.29, 0.717) is 56.4 Å². The van der Waals surface area contributed by atoms with E-state index < -0.39 is 0 Å². The molecule has 0 saturated heterocycles. The summed E-state index contributed by atoms with van der Waals surface area (Å²) in [6.07, 6.45) is 66.1. The molecule has 0 fully saturated rings. The zero-order valence-electron chi connectivity index (χ0n) is 75.5. The maximum atomic E-state index is 14.9. The molecule has 0 bridgehead atoms. The summed E-state index contributed by atoms with van der Waals surface area (Å²) in [5.74, 6) is 0.553. The van der Waals surface area contributed by atoms with Crippen molar-refractivity contribution in [2.75, 3.05) is 0 Å². The molecule has 12 aromatic rings. The number of hydrogen-bond donors (Lipinski definition) is 0. The van der Waals surface area contributed by atoms with E-state index in [4.69, 9.17) is 21.9 Å². The molecular weight excluding hydrogens is 1630 g/mol. The van der Waals surface area contributed by atoms with Crippen molar-refractivity contribution in [3.8, 4) is 12.1 Å². The summed E-state index contributed by atoms with van der Waals surface area (Å²) in [5, 5.41) is 27.5.